The highest BCUT2D eigenvalue weighted by molar-refractivity contribution is 9.10. The summed E-state index contributed by atoms with van der Waals surface area (Å²) in [6.07, 6.45) is 0. The highest BCUT2D eigenvalue weighted by atomic mass is 79.9. The lowest BCUT2D eigenvalue weighted by Crippen LogP contribution is -2.28. The number of rotatable bonds is 5. The summed E-state index contributed by atoms with van der Waals surface area (Å²) in [5.74, 6) is 1.28. The Bertz CT molecular complexity index is 821. The summed E-state index contributed by atoms with van der Waals surface area (Å²) in [7, 11) is -3.45. The maximum absolute atomic E-state index is 12.4. The van der Waals surface area contributed by atoms with Gasteiger partial charge in [0.1, 0.15) is 13.2 Å². The van der Waals surface area contributed by atoms with Crippen LogP contribution >= 0.6 is 15.9 Å². The first-order chi connectivity index (χ1) is 11.4. The minimum Gasteiger partial charge on any atom is -0.486 e. The first kappa shape index (κ1) is 17.3. The van der Waals surface area contributed by atoms with Crippen molar-refractivity contribution >= 4 is 26.0 Å². The molecule has 24 heavy (non-hydrogen) atoms. The van der Waals surface area contributed by atoms with Gasteiger partial charge in [-0.05, 0) is 42.3 Å². The van der Waals surface area contributed by atoms with Crippen LogP contribution in [0.5, 0.6) is 11.5 Å². The number of nitrogens with one attached hydrogen (secondary N) is 1. The molecule has 3 rings (SSSR count). The summed E-state index contributed by atoms with van der Waals surface area (Å²) in [5, 5.41) is 0. The molecule has 0 fully saturated rings. The molecule has 0 amide bonds. The normalized spacial score (nSPS) is 15.1. The molecule has 2 aromatic carbocycles. The van der Waals surface area contributed by atoms with Crippen molar-refractivity contribution in [1.82, 2.24) is 4.72 Å². The van der Waals surface area contributed by atoms with Gasteiger partial charge in [-0.25, -0.2) is 13.1 Å². The molecule has 1 aliphatic rings. The molecule has 2 aromatic rings. The van der Waals surface area contributed by atoms with E-state index in [-0.39, 0.29) is 11.8 Å². The molecule has 0 radical (unpaired) electrons. The van der Waals surface area contributed by atoms with Crippen molar-refractivity contribution in [3.05, 3.63) is 58.1 Å². The first-order valence-electron chi connectivity index (χ1n) is 7.57. The predicted molar refractivity (Wildman–Crippen MR) is 95.7 cm³/mol. The van der Waals surface area contributed by atoms with Gasteiger partial charge in [0.05, 0.1) is 5.75 Å². The average molecular weight is 412 g/mol. The molecule has 1 heterocycles. The predicted octanol–water partition coefficient (Wildman–Crippen LogP) is 3.40. The van der Waals surface area contributed by atoms with Gasteiger partial charge in [0.25, 0.3) is 0 Å². The van der Waals surface area contributed by atoms with Crippen molar-refractivity contribution in [2.75, 3.05) is 13.2 Å². The molecule has 1 N–H and O–H groups in total. The maximum Gasteiger partial charge on any atom is 0.216 e. The lowest BCUT2D eigenvalue weighted by atomic mass is 10.1. The Morgan fingerprint density at radius 1 is 1.08 bits per heavy atom. The molecule has 0 saturated heterocycles. The quantitative estimate of drug-likeness (QED) is 0.818. The van der Waals surface area contributed by atoms with Crippen LogP contribution in [-0.4, -0.2) is 21.6 Å². The number of sulfonamides is 1. The molecule has 0 spiro atoms. The van der Waals surface area contributed by atoms with Crippen LogP contribution in [0.15, 0.2) is 46.9 Å². The second kappa shape index (κ2) is 7.13. The second-order valence-electron chi connectivity index (χ2n) is 5.63. The Morgan fingerprint density at radius 3 is 2.46 bits per heavy atom. The van der Waals surface area contributed by atoms with E-state index in [0.29, 0.717) is 24.7 Å². The number of ether oxygens (including phenoxy) is 2. The van der Waals surface area contributed by atoms with Crippen molar-refractivity contribution in [3.63, 3.8) is 0 Å². The van der Waals surface area contributed by atoms with E-state index in [2.05, 4.69) is 20.7 Å². The summed E-state index contributed by atoms with van der Waals surface area (Å²) >= 11 is 3.34. The standard InChI is InChI=1S/C17H18BrNO4S/c1-12(14-4-7-16-17(10-14)23-9-8-22-16)19-24(20,21)11-13-2-5-15(18)6-3-13/h2-7,10,12,19H,8-9,11H2,1H3. The van der Waals surface area contributed by atoms with Gasteiger partial charge >= 0.3 is 0 Å². The van der Waals surface area contributed by atoms with Gasteiger partial charge in [0, 0.05) is 10.5 Å². The molecule has 0 aliphatic carbocycles. The molecule has 0 saturated carbocycles. The van der Waals surface area contributed by atoms with E-state index in [1.54, 1.807) is 12.1 Å². The summed E-state index contributed by atoms with van der Waals surface area (Å²) in [5.41, 5.74) is 1.57. The van der Waals surface area contributed by atoms with Crippen LogP contribution in [0.4, 0.5) is 0 Å². The summed E-state index contributed by atoms with van der Waals surface area (Å²) in [4.78, 5) is 0. The third-order valence-electron chi connectivity index (χ3n) is 3.69. The molecule has 1 unspecified atom stereocenters. The van der Waals surface area contributed by atoms with Crippen LogP contribution in [0.1, 0.15) is 24.1 Å². The summed E-state index contributed by atoms with van der Waals surface area (Å²) in [6, 6.07) is 12.4. The highest BCUT2D eigenvalue weighted by Gasteiger charge is 2.19. The first-order valence-corrected chi connectivity index (χ1v) is 10.0. The fourth-order valence-corrected chi connectivity index (χ4v) is 4.16. The lowest BCUT2D eigenvalue weighted by Gasteiger charge is -2.21. The van der Waals surface area contributed by atoms with Crippen molar-refractivity contribution in [1.29, 1.82) is 0 Å². The molecular formula is C17H18BrNO4S. The van der Waals surface area contributed by atoms with Crippen LogP contribution in [0.2, 0.25) is 0 Å². The van der Waals surface area contributed by atoms with Crippen LogP contribution in [0.3, 0.4) is 0 Å². The van der Waals surface area contributed by atoms with Gasteiger partial charge in [0.2, 0.25) is 10.0 Å². The van der Waals surface area contributed by atoms with E-state index < -0.39 is 10.0 Å². The fourth-order valence-electron chi connectivity index (χ4n) is 2.51. The minimum absolute atomic E-state index is 0.0603. The van der Waals surface area contributed by atoms with Crippen LogP contribution in [-0.2, 0) is 15.8 Å². The minimum atomic E-state index is -3.45. The summed E-state index contributed by atoms with van der Waals surface area (Å²) in [6.45, 7) is 2.84. The van der Waals surface area contributed by atoms with Crippen molar-refractivity contribution in [3.8, 4) is 11.5 Å². The Morgan fingerprint density at radius 2 is 1.75 bits per heavy atom. The Balaban J connectivity index is 1.71. The molecule has 128 valence electrons. The van der Waals surface area contributed by atoms with Crippen LogP contribution in [0, 0.1) is 0 Å². The van der Waals surface area contributed by atoms with E-state index in [1.165, 1.54) is 0 Å². The number of halogens is 1. The third kappa shape index (κ3) is 4.28. The fraction of sp³-hybridized carbons (Fsp3) is 0.294. The zero-order chi connectivity index (χ0) is 17.2. The third-order valence-corrected chi connectivity index (χ3v) is 5.65. The zero-order valence-electron chi connectivity index (χ0n) is 13.2. The SMILES string of the molecule is CC(NS(=O)(=O)Cc1ccc(Br)cc1)c1ccc2c(c1)OCCO2. The van der Waals surface area contributed by atoms with Gasteiger partial charge in [-0.2, -0.15) is 0 Å². The Kier molecular flexibility index (Phi) is 5.12. The molecule has 0 aromatic heterocycles. The van der Waals surface area contributed by atoms with E-state index in [1.807, 2.05) is 37.3 Å². The molecule has 1 atom stereocenters. The van der Waals surface area contributed by atoms with Gasteiger partial charge < -0.3 is 9.47 Å². The summed E-state index contributed by atoms with van der Waals surface area (Å²) < 4.78 is 39.4. The van der Waals surface area contributed by atoms with Crippen molar-refractivity contribution < 1.29 is 17.9 Å². The van der Waals surface area contributed by atoms with E-state index in [0.717, 1.165) is 15.6 Å². The molecular weight excluding hydrogens is 394 g/mol. The van der Waals surface area contributed by atoms with Crippen LogP contribution < -0.4 is 14.2 Å². The topological polar surface area (TPSA) is 64.6 Å². The molecule has 5 nitrogen and oxygen atoms in total. The van der Waals surface area contributed by atoms with Gasteiger partial charge in [-0.15, -0.1) is 0 Å². The van der Waals surface area contributed by atoms with Crippen molar-refractivity contribution in [2.24, 2.45) is 0 Å². The molecule has 7 heteroatoms. The zero-order valence-corrected chi connectivity index (χ0v) is 15.6. The number of fused-ring (bicyclic) bond motifs is 1. The number of benzene rings is 2. The van der Waals surface area contributed by atoms with Gasteiger partial charge in [0.15, 0.2) is 11.5 Å². The van der Waals surface area contributed by atoms with Gasteiger partial charge in [-0.3, -0.25) is 0 Å². The van der Waals surface area contributed by atoms with Crippen molar-refractivity contribution in [2.45, 2.75) is 18.7 Å². The Labute approximate surface area is 150 Å². The Hall–Kier alpha value is -1.57. The highest BCUT2D eigenvalue weighted by Crippen LogP contribution is 2.32. The maximum atomic E-state index is 12.4. The van der Waals surface area contributed by atoms with E-state index >= 15 is 0 Å². The molecule has 0 bridgehead atoms. The average Bonchev–Trinajstić information content (AvgIpc) is 2.56. The monoisotopic (exact) mass is 411 g/mol. The van der Waals surface area contributed by atoms with E-state index in [4.69, 9.17) is 9.47 Å². The number of hydrogen-bond donors (Lipinski definition) is 1. The molecule has 1 aliphatic heterocycles. The van der Waals surface area contributed by atoms with E-state index in [9.17, 15) is 8.42 Å². The van der Waals surface area contributed by atoms with Gasteiger partial charge in [-0.1, -0.05) is 34.1 Å². The lowest BCUT2D eigenvalue weighted by molar-refractivity contribution is 0.171. The second-order valence-corrected chi connectivity index (χ2v) is 8.30. The van der Waals surface area contributed by atoms with Crippen LogP contribution in [0.25, 0.3) is 0 Å². The number of hydrogen-bond acceptors (Lipinski definition) is 4. The largest absolute Gasteiger partial charge is 0.486 e. The smallest absolute Gasteiger partial charge is 0.216 e.